The first kappa shape index (κ1) is 14.5. The first-order valence-corrected chi connectivity index (χ1v) is 6.44. The van der Waals surface area contributed by atoms with Crippen molar-refractivity contribution >= 4 is 22.4 Å². The van der Waals surface area contributed by atoms with Crippen molar-refractivity contribution in [1.29, 1.82) is 0 Å². The Hall–Kier alpha value is -1.93. The van der Waals surface area contributed by atoms with E-state index in [1.807, 2.05) is 0 Å². The predicted octanol–water partition coefficient (Wildman–Crippen LogP) is 2.83. The number of rotatable bonds is 3. The van der Waals surface area contributed by atoms with Gasteiger partial charge in [-0.2, -0.15) is 0 Å². The lowest BCUT2D eigenvalue weighted by Crippen LogP contribution is -2.15. The molecule has 0 bridgehead atoms. The Morgan fingerprint density at radius 1 is 1.35 bits per heavy atom. The molecule has 2 rings (SSSR count). The van der Waals surface area contributed by atoms with Crippen LogP contribution >= 0.6 is 11.3 Å². The van der Waals surface area contributed by atoms with E-state index in [1.165, 1.54) is 0 Å². The summed E-state index contributed by atoms with van der Waals surface area (Å²) in [6.07, 6.45) is 0. The van der Waals surface area contributed by atoms with Crippen molar-refractivity contribution < 1.29 is 18.0 Å². The van der Waals surface area contributed by atoms with Gasteiger partial charge in [0.15, 0.2) is 22.6 Å². The molecule has 2 aromatic rings. The zero-order valence-corrected chi connectivity index (χ0v) is 11.1. The van der Waals surface area contributed by atoms with Crippen molar-refractivity contribution in [1.82, 2.24) is 4.98 Å². The number of carbonyl (C=O) groups excluding carboxylic acids is 1. The average molecular weight is 301 g/mol. The van der Waals surface area contributed by atoms with Crippen LogP contribution in [0.3, 0.4) is 0 Å². The van der Waals surface area contributed by atoms with Crippen LogP contribution in [0.2, 0.25) is 0 Å². The molecule has 1 aromatic carbocycles. The summed E-state index contributed by atoms with van der Waals surface area (Å²) in [7, 11) is 0. The molecular weight excluding hydrogens is 291 g/mol. The first-order valence-electron chi connectivity index (χ1n) is 5.56. The third kappa shape index (κ3) is 2.81. The SMILES string of the molecule is CC(N)c1csc(NC(=O)c2ccc(F)c(F)c2F)n1. The predicted molar refractivity (Wildman–Crippen MR) is 69.0 cm³/mol. The van der Waals surface area contributed by atoms with Crippen molar-refractivity contribution in [3.05, 3.63) is 46.2 Å². The number of aromatic nitrogens is 1. The minimum absolute atomic E-state index is 0.200. The van der Waals surface area contributed by atoms with E-state index in [-0.39, 0.29) is 11.2 Å². The fourth-order valence-corrected chi connectivity index (χ4v) is 2.23. The van der Waals surface area contributed by atoms with E-state index in [0.717, 1.165) is 17.4 Å². The molecule has 0 aliphatic heterocycles. The monoisotopic (exact) mass is 301 g/mol. The maximum absolute atomic E-state index is 13.4. The van der Waals surface area contributed by atoms with Gasteiger partial charge in [0, 0.05) is 11.4 Å². The summed E-state index contributed by atoms with van der Waals surface area (Å²) < 4.78 is 39.2. The van der Waals surface area contributed by atoms with Gasteiger partial charge in [-0.25, -0.2) is 18.2 Å². The van der Waals surface area contributed by atoms with Gasteiger partial charge in [-0.15, -0.1) is 11.3 Å². The smallest absolute Gasteiger partial charge is 0.260 e. The Labute approximate surface area is 116 Å². The summed E-state index contributed by atoms with van der Waals surface area (Å²) in [6, 6.07) is 1.24. The van der Waals surface area contributed by atoms with Crippen LogP contribution in [-0.4, -0.2) is 10.9 Å². The number of hydrogen-bond donors (Lipinski definition) is 2. The van der Waals surface area contributed by atoms with E-state index in [1.54, 1.807) is 12.3 Å². The average Bonchev–Trinajstić information content (AvgIpc) is 2.84. The van der Waals surface area contributed by atoms with E-state index in [0.29, 0.717) is 11.8 Å². The van der Waals surface area contributed by atoms with Crippen molar-refractivity contribution in [3.8, 4) is 0 Å². The van der Waals surface area contributed by atoms with Crippen LogP contribution in [0.5, 0.6) is 0 Å². The molecule has 0 spiro atoms. The van der Waals surface area contributed by atoms with Gasteiger partial charge in [0.1, 0.15) is 0 Å². The standard InChI is InChI=1S/C12H10F3N3OS/c1-5(16)8-4-20-12(17-8)18-11(19)6-2-3-7(13)10(15)9(6)14/h2-5H,16H2,1H3,(H,17,18,19). The maximum atomic E-state index is 13.4. The summed E-state index contributed by atoms with van der Waals surface area (Å²) in [5, 5.41) is 4.15. The molecule has 1 atom stereocenters. The van der Waals surface area contributed by atoms with E-state index in [2.05, 4.69) is 10.3 Å². The lowest BCUT2D eigenvalue weighted by atomic mass is 10.2. The Bertz CT molecular complexity index is 657. The molecular formula is C12H10F3N3OS. The van der Waals surface area contributed by atoms with Gasteiger partial charge in [0.2, 0.25) is 0 Å². The van der Waals surface area contributed by atoms with Gasteiger partial charge < -0.3 is 5.73 Å². The van der Waals surface area contributed by atoms with Crippen molar-refractivity contribution in [3.63, 3.8) is 0 Å². The fourth-order valence-electron chi connectivity index (χ4n) is 1.42. The molecule has 0 aliphatic carbocycles. The Morgan fingerprint density at radius 3 is 2.65 bits per heavy atom. The third-order valence-corrected chi connectivity index (χ3v) is 3.26. The molecule has 0 fully saturated rings. The number of hydrogen-bond acceptors (Lipinski definition) is 4. The summed E-state index contributed by atoms with van der Waals surface area (Å²) in [5.41, 5.74) is 5.58. The van der Waals surface area contributed by atoms with Gasteiger partial charge >= 0.3 is 0 Å². The van der Waals surface area contributed by atoms with Gasteiger partial charge in [0.05, 0.1) is 11.3 Å². The number of carbonyl (C=O) groups is 1. The summed E-state index contributed by atoms with van der Waals surface area (Å²) in [5.74, 6) is -5.49. The zero-order chi connectivity index (χ0) is 14.9. The Morgan fingerprint density at radius 2 is 2.05 bits per heavy atom. The fraction of sp³-hybridized carbons (Fsp3) is 0.167. The van der Waals surface area contributed by atoms with Gasteiger partial charge in [-0.3, -0.25) is 10.1 Å². The number of nitrogens with one attached hydrogen (secondary N) is 1. The van der Waals surface area contributed by atoms with Crippen LogP contribution in [0.4, 0.5) is 18.3 Å². The molecule has 0 saturated heterocycles. The minimum atomic E-state index is -1.69. The van der Waals surface area contributed by atoms with E-state index in [9.17, 15) is 18.0 Å². The molecule has 0 radical (unpaired) electrons. The number of thiazole rings is 1. The molecule has 1 amide bonds. The second kappa shape index (κ2) is 5.59. The molecule has 1 heterocycles. The molecule has 8 heteroatoms. The third-order valence-electron chi connectivity index (χ3n) is 2.49. The van der Waals surface area contributed by atoms with Crippen LogP contribution in [0, 0.1) is 17.5 Å². The lowest BCUT2D eigenvalue weighted by molar-refractivity contribution is 0.102. The molecule has 3 N–H and O–H groups in total. The van der Waals surface area contributed by atoms with Crippen LogP contribution < -0.4 is 11.1 Å². The Balaban J connectivity index is 2.22. The molecule has 20 heavy (non-hydrogen) atoms. The summed E-state index contributed by atoms with van der Waals surface area (Å²) in [6.45, 7) is 1.72. The highest BCUT2D eigenvalue weighted by Crippen LogP contribution is 2.21. The lowest BCUT2D eigenvalue weighted by Gasteiger charge is -2.04. The second-order valence-corrected chi connectivity index (χ2v) is 4.90. The van der Waals surface area contributed by atoms with Crippen LogP contribution in [0.1, 0.15) is 29.0 Å². The van der Waals surface area contributed by atoms with Gasteiger partial charge in [-0.05, 0) is 19.1 Å². The van der Waals surface area contributed by atoms with E-state index >= 15 is 0 Å². The number of nitrogens with two attached hydrogens (primary N) is 1. The largest absolute Gasteiger partial charge is 0.323 e. The van der Waals surface area contributed by atoms with E-state index < -0.39 is 28.9 Å². The van der Waals surface area contributed by atoms with Crippen molar-refractivity contribution in [2.24, 2.45) is 5.73 Å². The number of anilines is 1. The quantitative estimate of drug-likeness (QED) is 0.857. The number of benzene rings is 1. The maximum Gasteiger partial charge on any atom is 0.260 e. The van der Waals surface area contributed by atoms with Crippen LogP contribution in [0.25, 0.3) is 0 Å². The van der Waals surface area contributed by atoms with Crippen molar-refractivity contribution in [2.75, 3.05) is 5.32 Å². The molecule has 4 nitrogen and oxygen atoms in total. The van der Waals surface area contributed by atoms with Crippen molar-refractivity contribution in [2.45, 2.75) is 13.0 Å². The molecule has 1 aromatic heterocycles. The van der Waals surface area contributed by atoms with E-state index in [4.69, 9.17) is 5.73 Å². The first-order chi connectivity index (χ1) is 9.40. The number of nitrogens with zero attached hydrogens (tertiary/aromatic N) is 1. The van der Waals surface area contributed by atoms with Gasteiger partial charge in [-0.1, -0.05) is 0 Å². The highest BCUT2D eigenvalue weighted by molar-refractivity contribution is 7.14. The normalized spacial score (nSPS) is 12.2. The summed E-state index contributed by atoms with van der Waals surface area (Å²) in [4.78, 5) is 15.8. The number of amides is 1. The highest BCUT2D eigenvalue weighted by Gasteiger charge is 2.19. The van der Waals surface area contributed by atoms with Crippen LogP contribution in [-0.2, 0) is 0 Å². The number of halogens is 3. The zero-order valence-electron chi connectivity index (χ0n) is 10.3. The van der Waals surface area contributed by atoms with Crippen LogP contribution in [0.15, 0.2) is 17.5 Å². The molecule has 1 unspecified atom stereocenters. The highest BCUT2D eigenvalue weighted by atomic mass is 32.1. The summed E-state index contributed by atoms with van der Waals surface area (Å²) >= 11 is 1.10. The molecule has 0 saturated carbocycles. The topological polar surface area (TPSA) is 68.0 Å². The Kier molecular flexibility index (Phi) is 4.05. The second-order valence-electron chi connectivity index (χ2n) is 4.04. The van der Waals surface area contributed by atoms with Gasteiger partial charge in [0.25, 0.3) is 5.91 Å². The molecule has 106 valence electrons. The minimum Gasteiger partial charge on any atom is -0.323 e. The molecule has 0 aliphatic rings.